The van der Waals surface area contributed by atoms with E-state index in [0.717, 1.165) is 43.2 Å². The van der Waals surface area contributed by atoms with E-state index >= 15 is 0 Å². The van der Waals surface area contributed by atoms with Crippen LogP contribution in [0.25, 0.3) is 0 Å². The summed E-state index contributed by atoms with van der Waals surface area (Å²) in [6.45, 7) is 7.67. The van der Waals surface area contributed by atoms with Crippen LogP contribution in [0, 0.1) is 13.8 Å². The van der Waals surface area contributed by atoms with Gasteiger partial charge < -0.3 is 15.1 Å². The molecular formula is C24H26ClN5OS. The van der Waals surface area contributed by atoms with Crippen molar-refractivity contribution in [2.24, 2.45) is 0 Å². The molecule has 8 heteroatoms. The SMILES string of the molecule is Cc1ccc(NC(=O)CSc2nc(Cl)cc(N3CCN(c4ccccc4C)CC3)n2)cc1. The van der Waals surface area contributed by atoms with Crippen molar-refractivity contribution in [3.8, 4) is 0 Å². The van der Waals surface area contributed by atoms with Crippen molar-refractivity contribution in [2.45, 2.75) is 19.0 Å². The number of nitrogens with zero attached hydrogens (tertiary/aromatic N) is 4. The predicted molar refractivity (Wildman–Crippen MR) is 133 cm³/mol. The van der Waals surface area contributed by atoms with Crippen molar-refractivity contribution in [2.75, 3.05) is 47.0 Å². The van der Waals surface area contributed by atoms with Crippen LogP contribution in [0.5, 0.6) is 0 Å². The second-order valence-electron chi connectivity index (χ2n) is 7.79. The zero-order chi connectivity index (χ0) is 22.5. The van der Waals surface area contributed by atoms with Crippen molar-refractivity contribution < 1.29 is 4.79 Å². The van der Waals surface area contributed by atoms with Gasteiger partial charge in [0.15, 0.2) is 5.16 Å². The van der Waals surface area contributed by atoms with Crippen LogP contribution in [0.2, 0.25) is 5.15 Å². The second-order valence-corrected chi connectivity index (χ2v) is 9.12. The third-order valence-electron chi connectivity index (χ3n) is 5.39. The average Bonchev–Trinajstić information content (AvgIpc) is 2.79. The average molecular weight is 468 g/mol. The van der Waals surface area contributed by atoms with E-state index in [1.807, 2.05) is 31.2 Å². The van der Waals surface area contributed by atoms with Gasteiger partial charge in [-0.25, -0.2) is 9.97 Å². The summed E-state index contributed by atoms with van der Waals surface area (Å²) in [5.74, 6) is 0.918. The number of hydrogen-bond donors (Lipinski definition) is 1. The molecule has 1 saturated heterocycles. The van der Waals surface area contributed by atoms with E-state index in [2.05, 4.69) is 56.3 Å². The van der Waals surface area contributed by atoms with Gasteiger partial charge in [0.05, 0.1) is 5.75 Å². The van der Waals surface area contributed by atoms with Crippen LogP contribution >= 0.6 is 23.4 Å². The summed E-state index contributed by atoms with van der Waals surface area (Å²) in [6, 6.07) is 18.0. The van der Waals surface area contributed by atoms with E-state index in [1.165, 1.54) is 23.0 Å². The fourth-order valence-electron chi connectivity index (χ4n) is 3.67. The fourth-order valence-corrected chi connectivity index (χ4v) is 4.55. The number of hydrogen-bond acceptors (Lipinski definition) is 6. The van der Waals surface area contributed by atoms with Gasteiger partial charge in [-0.3, -0.25) is 4.79 Å². The maximum Gasteiger partial charge on any atom is 0.234 e. The quantitative estimate of drug-likeness (QED) is 0.319. The summed E-state index contributed by atoms with van der Waals surface area (Å²) >= 11 is 7.56. The number of carbonyl (C=O) groups excluding carboxylic acids is 1. The van der Waals surface area contributed by atoms with Crippen LogP contribution in [0.4, 0.5) is 17.2 Å². The molecule has 1 aliphatic rings. The molecule has 1 aromatic heterocycles. The molecule has 0 unspecified atom stereocenters. The largest absolute Gasteiger partial charge is 0.368 e. The Bertz CT molecular complexity index is 1080. The van der Waals surface area contributed by atoms with Gasteiger partial charge in [0.25, 0.3) is 0 Å². The molecule has 1 fully saturated rings. The predicted octanol–water partition coefficient (Wildman–Crippen LogP) is 4.80. The van der Waals surface area contributed by atoms with Crippen LogP contribution in [-0.2, 0) is 4.79 Å². The minimum Gasteiger partial charge on any atom is -0.368 e. The zero-order valence-corrected chi connectivity index (χ0v) is 19.8. The molecule has 1 N–H and O–H groups in total. The first-order chi connectivity index (χ1) is 15.5. The van der Waals surface area contributed by atoms with E-state index in [4.69, 9.17) is 11.6 Å². The van der Waals surface area contributed by atoms with E-state index in [0.29, 0.717) is 10.3 Å². The minimum atomic E-state index is -0.101. The summed E-state index contributed by atoms with van der Waals surface area (Å²) in [6.07, 6.45) is 0. The number of anilines is 3. The van der Waals surface area contributed by atoms with E-state index < -0.39 is 0 Å². The molecule has 1 aliphatic heterocycles. The van der Waals surface area contributed by atoms with Gasteiger partial charge in [0.2, 0.25) is 5.91 Å². The Labute approximate surface area is 198 Å². The number of amides is 1. The van der Waals surface area contributed by atoms with Gasteiger partial charge in [-0.1, -0.05) is 59.3 Å². The lowest BCUT2D eigenvalue weighted by atomic mass is 10.1. The van der Waals surface area contributed by atoms with Crippen LogP contribution in [-0.4, -0.2) is 47.8 Å². The van der Waals surface area contributed by atoms with Gasteiger partial charge in [-0.2, -0.15) is 0 Å². The first-order valence-corrected chi connectivity index (χ1v) is 11.9. The van der Waals surface area contributed by atoms with Gasteiger partial charge in [0.1, 0.15) is 11.0 Å². The number of aryl methyl sites for hydroxylation is 2. The van der Waals surface area contributed by atoms with Crippen LogP contribution in [0.1, 0.15) is 11.1 Å². The molecule has 0 saturated carbocycles. The van der Waals surface area contributed by atoms with Crippen molar-refractivity contribution in [1.29, 1.82) is 0 Å². The van der Waals surface area contributed by atoms with E-state index in [-0.39, 0.29) is 11.7 Å². The Morgan fingerprint density at radius 2 is 1.69 bits per heavy atom. The smallest absolute Gasteiger partial charge is 0.234 e. The Morgan fingerprint density at radius 1 is 1.00 bits per heavy atom. The Balaban J connectivity index is 1.35. The monoisotopic (exact) mass is 467 g/mol. The Kier molecular flexibility index (Phi) is 7.17. The summed E-state index contributed by atoms with van der Waals surface area (Å²) in [4.78, 5) is 25.9. The summed E-state index contributed by atoms with van der Waals surface area (Å²) < 4.78 is 0. The van der Waals surface area contributed by atoms with Gasteiger partial charge in [0, 0.05) is 43.6 Å². The summed E-state index contributed by atoms with van der Waals surface area (Å²) in [5.41, 5.74) is 4.50. The van der Waals surface area contributed by atoms with Gasteiger partial charge >= 0.3 is 0 Å². The molecule has 0 atom stereocenters. The standard InChI is InChI=1S/C24H26ClN5OS/c1-17-7-9-19(10-8-17)26-23(31)16-32-24-27-21(25)15-22(28-24)30-13-11-29(12-14-30)20-6-4-3-5-18(20)2/h3-10,15H,11-14,16H2,1-2H3,(H,26,31). The summed E-state index contributed by atoms with van der Waals surface area (Å²) in [5, 5.41) is 3.79. The molecule has 2 heterocycles. The number of halogens is 1. The Hall–Kier alpha value is -2.77. The highest BCUT2D eigenvalue weighted by atomic mass is 35.5. The number of para-hydroxylation sites is 1. The van der Waals surface area contributed by atoms with Crippen molar-refractivity contribution in [3.05, 3.63) is 70.9 Å². The molecule has 166 valence electrons. The van der Waals surface area contributed by atoms with Crippen molar-refractivity contribution in [3.63, 3.8) is 0 Å². The molecule has 0 bridgehead atoms. The lowest BCUT2D eigenvalue weighted by Crippen LogP contribution is -2.47. The number of benzene rings is 2. The zero-order valence-electron chi connectivity index (χ0n) is 18.2. The third kappa shape index (κ3) is 5.72. The molecule has 1 amide bonds. The number of carbonyl (C=O) groups is 1. The normalized spacial score (nSPS) is 13.8. The van der Waals surface area contributed by atoms with Crippen molar-refractivity contribution in [1.82, 2.24) is 9.97 Å². The highest BCUT2D eigenvalue weighted by molar-refractivity contribution is 7.99. The lowest BCUT2D eigenvalue weighted by Gasteiger charge is -2.37. The first kappa shape index (κ1) is 22.4. The number of piperazine rings is 1. The number of rotatable bonds is 6. The van der Waals surface area contributed by atoms with Crippen LogP contribution in [0.3, 0.4) is 0 Å². The maximum absolute atomic E-state index is 12.3. The number of aromatic nitrogens is 2. The Morgan fingerprint density at radius 3 is 2.41 bits per heavy atom. The minimum absolute atomic E-state index is 0.101. The molecule has 4 rings (SSSR count). The van der Waals surface area contributed by atoms with E-state index in [9.17, 15) is 4.79 Å². The van der Waals surface area contributed by atoms with Crippen LogP contribution in [0.15, 0.2) is 59.8 Å². The number of nitrogens with one attached hydrogen (secondary N) is 1. The molecule has 32 heavy (non-hydrogen) atoms. The third-order valence-corrected chi connectivity index (χ3v) is 6.43. The summed E-state index contributed by atoms with van der Waals surface area (Å²) in [7, 11) is 0. The second kappa shape index (κ2) is 10.2. The van der Waals surface area contributed by atoms with Crippen molar-refractivity contribution >= 4 is 46.5 Å². The molecule has 2 aromatic carbocycles. The fraction of sp³-hybridized carbons (Fsp3) is 0.292. The highest BCUT2D eigenvalue weighted by Crippen LogP contribution is 2.25. The highest BCUT2D eigenvalue weighted by Gasteiger charge is 2.20. The van der Waals surface area contributed by atoms with E-state index in [1.54, 1.807) is 6.07 Å². The van der Waals surface area contributed by atoms with Gasteiger partial charge in [-0.15, -0.1) is 0 Å². The lowest BCUT2D eigenvalue weighted by molar-refractivity contribution is -0.113. The molecule has 6 nitrogen and oxygen atoms in total. The topological polar surface area (TPSA) is 61.4 Å². The number of thioether (sulfide) groups is 1. The van der Waals surface area contributed by atoms with Gasteiger partial charge in [-0.05, 0) is 37.6 Å². The molecule has 0 radical (unpaired) electrons. The molecule has 0 aliphatic carbocycles. The maximum atomic E-state index is 12.3. The molecular weight excluding hydrogens is 442 g/mol. The molecule has 0 spiro atoms. The van der Waals surface area contributed by atoms with Crippen LogP contribution < -0.4 is 15.1 Å². The first-order valence-electron chi connectivity index (χ1n) is 10.6. The molecule has 3 aromatic rings.